The van der Waals surface area contributed by atoms with Crippen molar-refractivity contribution in [2.75, 3.05) is 17.1 Å². The number of anilines is 1. The Morgan fingerprint density at radius 2 is 1.59 bits per heavy atom. The molecule has 2 atom stereocenters. The highest BCUT2D eigenvalue weighted by Gasteiger charge is 2.31. The first-order chi connectivity index (χ1) is 19.5. The van der Waals surface area contributed by atoms with Crippen LogP contribution in [0.3, 0.4) is 0 Å². The number of sulfonamides is 1. The molecular formula is C32H40ClN3O4S. The average Bonchev–Trinajstić information content (AvgIpc) is 2.94. The summed E-state index contributed by atoms with van der Waals surface area (Å²) in [5.74, 6) is -0.482. The smallest absolute Gasteiger partial charge is 0.243 e. The van der Waals surface area contributed by atoms with Gasteiger partial charge in [0.25, 0.3) is 0 Å². The Balaban J connectivity index is 1.91. The van der Waals surface area contributed by atoms with Crippen LogP contribution in [-0.2, 0) is 32.6 Å². The Bertz CT molecular complexity index is 1420. The summed E-state index contributed by atoms with van der Waals surface area (Å²) in [6.45, 7) is 6.07. The summed E-state index contributed by atoms with van der Waals surface area (Å²) >= 11 is 6.49. The zero-order valence-corrected chi connectivity index (χ0v) is 25.8. The molecule has 0 bridgehead atoms. The number of nitrogens with zero attached hydrogens (tertiary/aromatic N) is 2. The van der Waals surface area contributed by atoms with Gasteiger partial charge in [0.05, 0.1) is 11.9 Å². The first-order valence-electron chi connectivity index (χ1n) is 13.9. The number of amides is 2. The van der Waals surface area contributed by atoms with Crippen LogP contribution in [-0.4, -0.2) is 50.0 Å². The van der Waals surface area contributed by atoms with Gasteiger partial charge in [-0.2, -0.15) is 0 Å². The minimum absolute atomic E-state index is 0.0598. The number of para-hydroxylation sites is 1. The van der Waals surface area contributed by atoms with Gasteiger partial charge >= 0.3 is 0 Å². The maximum atomic E-state index is 13.9. The Kier molecular flexibility index (Phi) is 11.8. The van der Waals surface area contributed by atoms with Crippen molar-refractivity contribution in [2.24, 2.45) is 0 Å². The zero-order chi connectivity index (χ0) is 30.0. The van der Waals surface area contributed by atoms with Crippen molar-refractivity contribution in [1.82, 2.24) is 10.2 Å². The second kappa shape index (κ2) is 15.0. The predicted molar refractivity (Wildman–Crippen MR) is 166 cm³/mol. The number of hydrogen-bond donors (Lipinski definition) is 1. The summed E-state index contributed by atoms with van der Waals surface area (Å²) < 4.78 is 26.7. The highest BCUT2D eigenvalue weighted by atomic mass is 35.5. The normalized spacial score (nSPS) is 12.8. The van der Waals surface area contributed by atoms with Gasteiger partial charge < -0.3 is 10.2 Å². The van der Waals surface area contributed by atoms with Gasteiger partial charge in [0, 0.05) is 37.0 Å². The van der Waals surface area contributed by atoms with Gasteiger partial charge in [-0.25, -0.2) is 8.42 Å². The molecular weight excluding hydrogens is 558 g/mol. The number of hydrogen-bond acceptors (Lipinski definition) is 4. The summed E-state index contributed by atoms with van der Waals surface area (Å²) in [4.78, 5) is 29.2. The second-order valence-corrected chi connectivity index (χ2v) is 12.7. The fourth-order valence-corrected chi connectivity index (χ4v) is 5.85. The maximum absolute atomic E-state index is 13.9. The average molecular weight is 598 g/mol. The lowest BCUT2D eigenvalue weighted by Gasteiger charge is -2.33. The van der Waals surface area contributed by atoms with E-state index in [4.69, 9.17) is 11.6 Å². The summed E-state index contributed by atoms with van der Waals surface area (Å²) in [6.07, 6.45) is 2.59. The summed E-state index contributed by atoms with van der Waals surface area (Å²) in [5, 5.41) is 3.56. The van der Waals surface area contributed by atoms with Crippen LogP contribution in [0.15, 0.2) is 78.9 Å². The molecule has 0 heterocycles. The molecule has 7 nitrogen and oxygen atoms in total. The van der Waals surface area contributed by atoms with Crippen LogP contribution in [0.1, 0.15) is 49.8 Å². The SMILES string of the molecule is CC[C@@H](C)NC(=O)[C@H](Cc1ccccc1)N(Cc1ccccc1Cl)C(=O)CCCN(c1ccccc1C)S(C)(=O)=O. The van der Waals surface area contributed by atoms with Crippen LogP contribution in [0.4, 0.5) is 5.69 Å². The van der Waals surface area contributed by atoms with E-state index in [1.165, 1.54) is 10.6 Å². The van der Waals surface area contributed by atoms with E-state index in [0.717, 1.165) is 23.1 Å². The largest absolute Gasteiger partial charge is 0.352 e. The van der Waals surface area contributed by atoms with Crippen molar-refractivity contribution < 1.29 is 18.0 Å². The number of benzene rings is 3. The highest BCUT2D eigenvalue weighted by Crippen LogP contribution is 2.24. The zero-order valence-electron chi connectivity index (χ0n) is 24.2. The van der Waals surface area contributed by atoms with Crippen molar-refractivity contribution in [2.45, 2.75) is 65.1 Å². The van der Waals surface area contributed by atoms with Crippen molar-refractivity contribution >= 4 is 39.1 Å². The maximum Gasteiger partial charge on any atom is 0.243 e. The van der Waals surface area contributed by atoms with Crippen LogP contribution in [0, 0.1) is 6.92 Å². The molecule has 0 saturated carbocycles. The van der Waals surface area contributed by atoms with Crippen LogP contribution in [0.25, 0.3) is 0 Å². The minimum atomic E-state index is -3.57. The Morgan fingerprint density at radius 1 is 0.951 bits per heavy atom. The van der Waals surface area contributed by atoms with Crippen molar-refractivity contribution in [3.8, 4) is 0 Å². The molecule has 0 radical (unpaired) electrons. The molecule has 0 aliphatic rings. The molecule has 41 heavy (non-hydrogen) atoms. The van der Waals surface area contributed by atoms with Crippen LogP contribution < -0.4 is 9.62 Å². The number of carbonyl (C=O) groups is 2. The van der Waals surface area contributed by atoms with Gasteiger partial charge in [0.15, 0.2) is 0 Å². The quantitative estimate of drug-likeness (QED) is 0.256. The first-order valence-corrected chi connectivity index (χ1v) is 16.1. The number of nitrogens with one attached hydrogen (secondary N) is 1. The molecule has 0 fully saturated rings. The van der Waals surface area contributed by atoms with E-state index < -0.39 is 16.1 Å². The van der Waals surface area contributed by atoms with Crippen LogP contribution >= 0.6 is 11.6 Å². The molecule has 1 N–H and O–H groups in total. The number of halogens is 1. The number of carbonyl (C=O) groups excluding carboxylic acids is 2. The molecule has 0 aliphatic heterocycles. The third-order valence-corrected chi connectivity index (χ3v) is 8.66. The van der Waals surface area contributed by atoms with E-state index >= 15 is 0 Å². The molecule has 0 spiro atoms. The Morgan fingerprint density at radius 3 is 2.22 bits per heavy atom. The van der Waals surface area contributed by atoms with Crippen molar-refractivity contribution in [1.29, 1.82) is 0 Å². The van der Waals surface area contributed by atoms with Crippen LogP contribution in [0.5, 0.6) is 0 Å². The lowest BCUT2D eigenvalue weighted by molar-refractivity contribution is -0.141. The van der Waals surface area contributed by atoms with E-state index in [9.17, 15) is 18.0 Å². The van der Waals surface area contributed by atoms with E-state index in [0.29, 0.717) is 17.1 Å². The highest BCUT2D eigenvalue weighted by molar-refractivity contribution is 7.92. The fraction of sp³-hybridized carbons (Fsp3) is 0.375. The molecule has 220 valence electrons. The summed E-state index contributed by atoms with van der Waals surface area (Å²) in [7, 11) is -3.57. The topological polar surface area (TPSA) is 86.8 Å². The van der Waals surface area contributed by atoms with Crippen molar-refractivity contribution in [3.63, 3.8) is 0 Å². The molecule has 0 aliphatic carbocycles. The van der Waals surface area contributed by atoms with Gasteiger partial charge in [-0.05, 0) is 55.5 Å². The molecule has 3 rings (SSSR count). The lowest BCUT2D eigenvalue weighted by Crippen LogP contribution is -2.52. The fourth-order valence-electron chi connectivity index (χ4n) is 4.63. The van der Waals surface area contributed by atoms with Gasteiger partial charge in [-0.3, -0.25) is 13.9 Å². The van der Waals surface area contributed by atoms with E-state index in [1.807, 2.05) is 81.4 Å². The molecule has 2 amide bonds. The number of rotatable bonds is 14. The third kappa shape index (κ3) is 9.33. The number of aryl methyl sites for hydroxylation is 1. The lowest BCUT2D eigenvalue weighted by atomic mass is 10.0. The predicted octanol–water partition coefficient (Wildman–Crippen LogP) is 5.75. The molecule has 0 unspecified atom stereocenters. The van der Waals surface area contributed by atoms with Gasteiger partial charge in [0.1, 0.15) is 6.04 Å². The molecule has 3 aromatic carbocycles. The van der Waals surface area contributed by atoms with E-state index in [1.54, 1.807) is 23.1 Å². The first kappa shape index (κ1) is 32.2. The van der Waals surface area contributed by atoms with E-state index in [2.05, 4.69) is 5.32 Å². The van der Waals surface area contributed by atoms with E-state index in [-0.39, 0.29) is 43.8 Å². The monoisotopic (exact) mass is 597 g/mol. The minimum Gasteiger partial charge on any atom is -0.352 e. The Hall–Kier alpha value is -3.36. The second-order valence-electron chi connectivity index (χ2n) is 10.4. The van der Waals surface area contributed by atoms with Crippen LogP contribution in [0.2, 0.25) is 5.02 Å². The van der Waals surface area contributed by atoms with Gasteiger partial charge in [-0.1, -0.05) is 85.3 Å². The third-order valence-electron chi connectivity index (χ3n) is 7.11. The molecule has 0 aromatic heterocycles. The van der Waals surface area contributed by atoms with Gasteiger partial charge in [0.2, 0.25) is 21.8 Å². The van der Waals surface area contributed by atoms with Crippen molar-refractivity contribution in [3.05, 3.63) is 101 Å². The molecule has 0 saturated heterocycles. The molecule has 3 aromatic rings. The molecule has 9 heteroatoms. The summed E-state index contributed by atoms with van der Waals surface area (Å²) in [6, 6.07) is 23.3. The van der Waals surface area contributed by atoms with Gasteiger partial charge in [-0.15, -0.1) is 0 Å². The summed E-state index contributed by atoms with van der Waals surface area (Å²) in [5.41, 5.74) is 3.07. The standard InChI is InChI=1S/C32H40ClN3O4S/c1-5-25(3)34-32(38)30(22-26-15-7-6-8-16-26)35(23-27-17-10-11-18-28(27)33)31(37)20-13-21-36(41(4,39)40)29-19-12-9-14-24(29)2/h6-12,14-19,25,30H,5,13,20-23H2,1-4H3,(H,34,38)/t25-,30+/m1/s1. The Labute approximate surface area is 249 Å².